The van der Waals surface area contributed by atoms with Crippen LogP contribution in [0.2, 0.25) is 0 Å². The number of nitrogens with zero attached hydrogens (tertiary/aromatic N) is 4. The third kappa shape index (κ3) is 1.49. The second-order valence-electron chi connectivity index (χ2n) is 4.20. The van der Waals surface area contributed by atoms with Crippen molar-refractivity contribution in [2.45, 2.75) is 13.3 Å². The number of fused-ring (bicyclic) bond motifs is 1. The van der Waals surface area contributed by atoms with E-state index in [0.717, 1.165) is 18.2 Å². The molecule has 1 unspecified atom stereocenters. The monoisotopic (exact) mass is 236 g/mol. The van der Waals surface area contributed by atoms with Crippen molar-refractivity contribution in [3.8, 4) is 0 Å². The third-order valence-electron chi connectivity index (χ3n) is 2.85. The Morgan fingerprint density at radius 2 is 2.44 bits per heavy atom. The molecule has 2 aromatic heterocycles. The van der Waals surface area contributed by atoms with E-state index in [-0.39, 0.29) is 5.56 Å². The summed E-state index contributed by atoms with van der Waals surface area (Å²) in [5, 5.41) is 5.22. The Bertz CT molecular complexity index is 575. The summed E-state index contributed by atoms with van der Waals surface area (Å²) in [6.07, 6.45) is 2.73. The Hall–Kier alpha value is -1.43. The lowest BCUT2D eigenvalue weighted by atomic mass is 10.2. The molecule has 3 rings (SSSR count). The number of rotatable bonds is 1. The highest BCUT2D eigenvalue weighted by molar-refractivity contribution is 7.20. The van der Waals surface area contributed by atoms with Crippen molar-refractivity contribution in [2.75, 3.05) is 18.0 Å². The van der Waals surface area contributed by atoms with Gasteiger partial charge in [-0.05, 0) is 12.3 Å². The van der Waals surface area contributed by atoms with Gasteiger partial charge < -0.3 is 4.90 Å². The minimum Gasteiger partial charge on any atom is -0.346 e. The SMILES string of the molecule is CC1CCN(c2nn3c(=O)ccnc3s2)C1. The molecule has 1 aliphatic heterocycles. The van der Waals surface area contributed by atoms with Gasteiger partial charge in [-0.25, -0.2) is 4.98 Å². The van der Waals surface area contributed by atoms with E-state index in [4.69, 9.17) is 0 Å². The minimum absolute atomic E-state index is 0.111. The van der Waals surface area contributed by atoms with Gasteiger partial charge in [-0.3, -0.25) is 4.79 Å². The summed E-state index contributed by atoms with van der Waals surface area (Å²) in [4.78, 5) is 18.6. The zero-order chi connectivity index (χ0) is 11.1. The number of hydrogen-bond acceptors (Lipinski definition) is 5. The number of hydrogen-bond donors (Lipinski definition) is 0. The van der Waals surface area contributed by atoms with Crippen molar-refractivity contribution < 1.29 is 0 Å². The van der Waals surface area contributed by atoms with Crippen LogP contribution in [-0.2, 0) is 0 Å². The van der Waals surface area contributed by atoms with Gasteiger partial charge in [0.2, 0.25) is 10.1 Å². The fourth-order valence-electron chi connectivity index (χ4n) is 1.97. The summed E-state index contributed by atoms with van der Waals surface area (Å²) in [7, 11) is 0. The number of aromatic nitrogens is 3. The van der Waals surface area contributed by atoms with E-state index in [0.29, 0.717) is 10.9 Å². The Morgan fingerprint density at radius 3 is 3.12 bits per heavy atom. The first kappa shape index (κ1) is 9.77. The Balaban J connectivity index is 2.06. The van der Waals surface area contributed by atoms with Crippen LogP contribution in [0.5, 0.6) is 0 Å². The van der Waals surface area contributed by atoms with Crippen LogP contribution in [0.15, 0.2) is 17.1 Å². The second kappa shape index (κ2) is 3.55. The molecular weight excluding hydrogens is 224 g/mol. The van der Waals surface area contributed by atoms with Gasteiger partial charge in [0.25, 0.3) is 5.56 Å². The van der Waals surface area contributed by atoms with Crippen molar-refractivity contribution in [1.82, 2.24) is 14.6 Å². The molecule has 1 fully saturated rings. The topological polar surface area (TPSA) is 50.5 Å². The summed E-state index contributed by atoms with van der Waals surface area (Å²) in [6, 6.07) is 1.43. The summed E-state index contributed by atoms with van der Waals surface area (Å²) in [5.74, 6) is 0.705. The molecule has 5 nitrogen and oxygen atoms in total. The van der Waals surface area contributed by atoms with E-state index in [1.54, 1.807) is 0 Å². The van der Waals surface area contributed by atoms with E-state index in [1.165, 1.54) is 34.5 Å². The van der Waals surface area contributed by atoms with Crippen LogP contribution in [0.1, 0.15) is 13.3 Å². The van der Waals surface area contributed by atoms with Crippen LogP contribution in [0.4, 0.5) is 5.13 Å². The van der Waals surface area contributed by atoms with Gasteiger partial charge >= 0.3 is 0 Å². The maximum absolute atomic E-state index is 11.5. The molecule has 1 atom stereocenters. The standard InChI is InChI=1S/C10H12N4OS/c1-7-3-5-13(6-7)10-12-14-8(15)2-4-11-9(14)16-10/h2,4,7H,3,5-6H2,1H3. The maximum atomic E-state index is 11.5. The van der Waals surface area contributed by atoms with Gasteiger partial charge in [0, 0.05) is 25.4 Å². The molecule has 0 aromatic carbocycles. The maximum Gasteiger partial charge on any atom is 0.275 e. The molecule has 0 saturated carbocycles. The fraction of sp³-hybridized carbons (Fsp3) is 0.500. The molecule has 1 saturated heterocycles. The quantitative estimate of drug-likeness (QED) is 0.741. The lowest BCUT2D eigenvalue weighted by molar-refractivity contribution is 0.659. The van der Waals surface area contributed by atoms with Crippen molar-refractivity contribution in [3.05, 3.63) is 22.6 Å². The first-order valence-corrected chi connectivity index (χ1v) is 6.15. The van der Waals surface area contributed by atoms with Crippen molar-refractivity contribution in [3.63, 3.8) is 0 Å². The van der Waals surface area contributed by atoms with Crippen molar-refractivity contribution in [1.29, 1.82) is 0 Å². The molecular formula is C10H12N4OS. The van der Waals surface area contributed by atoms with Gasteiger partial charge in [0.1, 0.15) is 0 Å². The lowest BCUT2D eigenvalue weighted by Crippen LogP contribution is -2.20. The van der Waals surface area contributed by atoms with E-state index in [2.05, 4.69) is 21.9 Å². The smallest absolute Gasteiger partial charge is 0.275 e. The van der Waals surface area contributed by atoms with Crippen LogP contribution in [0.3, 0.4) is 0 Å². The minimum atomic E-state index is -0.111. The Morgan fingerprint density at radius 1 is 1.56 bits per heavy atom. The van der Waals surface area contributed by atoms with Crippen LogP contribution in [0.25, 0.3) is 4.96 Å². The van der Waals surface area contributed by atoms with E-state index in [9.17, 15) is 4.79 Å². The van der Waals surface area contributed by atoms with E-state index < -0.39 is 0 Å². The molecule has 6 heteroatoms. The van der Waals surface area contributed by atoms with E-state index >= 15 is 0 Å². The molecule has 2 aromatic rings. The van der Waals surface area contributed by atoms with Crippen molar-refractivity contribution >= 4 is 21.4 Å². The molecule has 84 valence electrons. The highest BCUT2D eigenvalue weighted by Gasteiger charge is 2.22. The molecule has 1 aliphatic rings. The normalized spacial score (nSPS) is 20.8. The average Bonchev–Trinajstić information content (AvgIpc) is 2.84. The average molecular weight is 236 g/mol. The fourth-order valence-corrected chi connectivity index (χ4v) is 2.88. The van der Waals surface area contributed by atoms with Crippen LogP contribution >= 0.6 is 11.3 Å². The van der Waals surface area contributed by atoms with Gasteiger partial charge in [-0.2, -0.15) is 4.52 Å². The third-order valence-corrected chi connectivity index (χ3v) is 3.84. The van der Waals surface area contributed by atoms with Crippen LogP contribution in [0, 0.1) is 5.92 Å². The zero-order valence-electron chi connectivity index (χ0n) is 8.96. The molecule has 0 radical (unpaired) electrons. The molecule has 3 heterocycles. The zero-order valence-corrected chi connectivity index (χ0v) is 9.78. The highest BCUT2D eigenvalue weighted by Crippen LogP contribution is 2.26. The molecule has 16 heavy (non-hydrogen) atoms. The molecule has 0 bridgehead atoms. The van der Waals surface area contributed by atoms with Gasteiger partial charge in [0.15, 0.2) is 0 Å². The van der Waals surface area contributed by atoms with Gasteiger partial charge in [-0.15, -0.1) is 5.10 Å². The van der Waals surface area contributed by atoms with Gasteiger partial charge in [0.05, 0.1) is 0 Å². The predicted octanol–water partition coefficient (Wildman–Crippen LogP) is 0.997. The lowest BCUT2D eigenvalue weighted by Gasteiger charge is -2.12. The Kier molecular flexibility index (Phi) is 2.17. The summed E-state index contributed by atoms with van der Waals surface area (Å²) < 4.78 is 1.38. The van der Waals surface area contributed by atoms with Crippen LogP contribution in [-0.4, -0.2) is 27.7 Å². The molecule has 0 spiro atoms. The van der Waals surface area contributed by atoms with Crippen LogP contribution < -0.4 is 10.5 Å². The Labute approximate surface area is 96.3 Å². The summed E-state index contributed by atoms with van der Waals surface area (Å²) in [6.45, 7) is 4.28. The van der Waals surface area contributed by atoms with E-state index in [1.807, 2.05) is 0 Å². The molecule has 0 N–H and O–H groups in total. The molecule has 0 aliphatic carbocycles. The van der Waals surface area contributed by atoms with Crippen molar-refractivity contribution in [2.24, 2.45) is 5.92 Å². The highest BCUT2D eigenvalue weighted by atomic mass is 32.1. The summed E-state index contributed by atoms with van der Waals surface area (Å²) >= 11 is 1.48. The predicted molar refractivity (Wildman–Crippen MR) is 63.1 cm³/mol. The molecule has 0 amide bonds. The summed E-state index contributed by atoms with van der Waals surface area (Å²) in [5.41, 5.74) is -0.111. The first-order valence-electron chi connectivity index (χ1n) is 5.34. The number of anilines is 1. The first-order chi connectivity index (χ1) is 7.74. The van der Waals surface area contributed by atoms with Gasteiger partial charge in [-0.1, -0.05) is 18.3 Å². The second-order valence-corrected chi connectivity index (χ2v) is 5.14. The largest absolute Gasteiger partial charge is 0.346 e.